The fourth-order valence-electron chi connectivity index (χ4n) is 0.831. The molecule has 1 aromatic rings. The molecule has 0 unspecified atom stereocenters. The van der Waals surface area contributed by atoms with Crippen molar-refractivity contribution in [3.63, 3.8) is 0 Å². The van der Waals surface area contributed by atoms with Crippen LogP contribution in [0.15, 0.2) is 17.2 Å². The summed E-state index contributed by atoms with van der Waals surface area (Å²) in [6.07, 6.45) is 3.21. The highest BCUT2D eigenvalue weighted by molar-refractivity contribution is 14.1. The molecule has 0 aliphatic heterocycles. The summed E-state index contributed by atoms with van der Waals surface area (Å²) in [5.41, 5.74) is 5.01. The minimum atomic E-state index is -0.421. The summed E-state index contributed by atoms with van der Waals surface area (Å²) in [5, 5.41) is 0. The maximum Gasteiger partial charge on any atom is 0.237 e. The van der Waals surface area contributed by atoms with Gasteiger partial charge in [0.05, 0.1) is 7.14 Å². The quantitative estimate of drug-likeness (QED) is 0.732. The monoisotopic (exact) mass is 404 g/mol. The van der Waals surface area contributed by atoms with Crippen molar-refractivity contribution >= 4 is 51.1 Å². The van der Waals surface area contributed by atoms with Crippen LogP contribution in [0.5, 0.6) is 0 Å². The van der Waals surface area contributed by atoms with E-state index in [-0.39, 0.29) is 12.0 Å². The van der Waals surface area contributed by atoms with Crippen molar-refractivity contribution in [2.24, 2.45) is 5.73 Å². The van der Waals surface area contributed by atoms with Crippen molar-refractivity contribution in [1.29, 1.82) is 0 Å². The Morgan fingerprint density at radius 1 is 1.38 bits per heavy atom. The molecule has 1 amide bonds. The second-order valence-electron chi connectivity index (χ2n) is 2.42. The third kappa shape index (κ3) is 2.93. The van der Waals surface area contributed by atoms with Gasteiger partial charge in [-0.1, -0.05) is 0 Å². The van der Waals surface area contributed by atoms with Crippen molar-refractivity contribution in [2.75, 3.05) is 0 Å². The summed E-state index contributed by atoms with van der Waals surface area (Å²) in [4.78, 5) is 21.9. The number of halogens is 2. The zero-order valence-corrected chi connectivity index (χ0v) is 10.8. The first-order chi connectivity index (χ1) is 6.00. The van der Waals surface area contributed by atoms with E-state index in [1.54, 1.807) is 17.0 Å². The van der Waals surface area contributed by atoms with Gasteiger partial charge in [0, 0.05) is 12.4 Å². The Bertz CT molecular complexity index is 374. The highest BCUT2D eigenvalue weighted by Crippen LogP contribution is 2.03. The lowest BCUT2D eigenvalue weighted by molar-refractivity contribution is -0.118. The molecule has 1 heterocycles. The highest BCUT2D eigenvalue weighted by Gasteiger charge is 2.03. The van der Waals surface area contributed by atoms with Crippen molar-refractivity contribution < 1.29 is 4.79 Å². The van der Waals surface area contributed by atoms with Crippen LogP contribution < -0.4 is 11.2 Å². The molecule has 0 saturated carbocycles. The third-order valence-corrected chi connectivity index (χ3v) is 2.87. The van der Waals surface area contributed by atoms with Crippen LogP contribution in [0.25, 0.3) is 0 Å². The maximum atomic E-state index is 11.3. The lowest BCUT2D eigenvalue weighted by Crippen LogP contribution is -2.21. The first kappa shape index (κ1) is 11.0. The number of carbonyl (C=O) groups excluding carboxylic acids is 1. The van der Waals surface area contributed by atoms with E-state index in [2.05, 4.69) is 0 Å². The van der Waals surface area contributed by atoms with E-state index >= 15 is 0 Å². The van der Waals surface area contributed by atoms with Crippen LogP contribution in [0, 0.1) is 7.14 Å². The molecule has 6 heteroatoms. The summed E-state index contributed by atoms with van der Waals surface area (Å²) >= 11 is 3.86. The molecule has 1 aromatic heterocycles. The fourth-order valence-corrected chi connectivity index (χ4v) is 2.64. The van der Waals surface area contributed by atoms with Crippen LogP contribution >= 0.6 is 45.2 Å². The van der Waals surface area contributed by atoms with Crippen LogP contribution in [0.4, 0.5) is 0 Å². The second kappa shape index (κ2) is 4.40. The number of primary amides is 1. The molecule has 0 aliphatic carbocycles. The lowest BCUT2D eigenvalue weighted by atomic mass is 10.4. The number of nitrogens with zero attached hydrogens (tertiary/aromatic N) is 1. The molecular formula is C7H6I2N2O2. The molecule has 1 rings (SSSR count). The zero-order chi connectivity index (χ0) is 10.0. The Morgan fingerprint density at radius 2 is 1.85 bits per heavy atom. The molecule has 0 bridgehead atoms. The summed E-state index contributed by atoms with van der Waals surface area (Å²) in [6, 6.07) is 0. The number of aromatic nitrogens is 1. The van der Waals surface area contributed by atoms with Gasteiger partial charge in [-0.2, -0.15) is 0 Å². The van der Waals surface area contributed by atoms with Crippen LogP contribution in [0.1, 0.15) is 0 Å². The van der Waals surface area contributed by atoms with E-state index in [0.29, 0.717) is 7.14 Å². The summed E-state index contributed by atoms with van der Waals surface area (Å²) in [6.45, 7) is 0.103. The van der Waals surface area contributed by atoms with Gasteiger partial charge < -0.3 is 10.3 Å². The molecule has 0 atom stereocenters. The number of pyridine rings is 1. The van der Waals surface area contributed by atoms with Gasteiger partial charge in [0.2, 0.25) is 11.3 Å². The number of nitrogens with two attached hydrogens (primary N) is 1. The molecule has 70 valence electrons. The largest absolute Gasteiger partial charge is 0.368 e. The topological polar surface area (TPSA) is 65.1 Å². The summed E-state index contributed by atoms with van der Waals surface area (Å²) in [5.74, 6) is -0.421. The minimum absolute atomic E-state index is 0.0121. The summed E-state index contributed by atoms with van der Waals surface area (Å²) < 4.78 is 2.78. The van der Waals surface area contributed by atoms with E-state index in [1.165, 1.54) is 0 Å². The molecule has 0 radical (unpaired) electrons. The Balaban J connectivity index is 3.13. The van der Waals surface area contributed by atoms with Gasteiger partial charge in [-0.05, 0) is 45.2 Å². The van der Waals surface area contributed by atoms with E-state index < -0.39 is 5.91 Å². The van der Waals surface area contributed by atoms with E-state index in [0.717, 1.165) is 0 Å². The minimum Gasteiger partial charge on any atom is -0.368 e. The van der Waals surface area contributed by atoms with Gasteiger partial charge in [-0.25, -0.2) is 0 Å². The fraction of sp³-hybridized carbons (Fsp3) is 0.143. The Hall–Kier alpha value is -0.120. The highest BCUT2D eigenvalue weighted by atomic mass is 127. The zero-order valence-electron chi connectivity index (χ0n) is 6.46. The van der Waals surface area contributed by atoms with Gasteiger partial charge in [0.15, 0.2) is 0 Å². The van der Waals surface area contributed by atoms with E-state index in [9.17, 15) is 9.59 Å². The van der Waals surface area contributed by atoms with Crippen molar-refractivity contribution in [3.05, 3.63) is 29.8 Å². The van der Waals surface area contributed by atoms with E-state index in [4.69, 9.17) is 5.73 Å². The predicted molar refractivity (Wildman–Crippen MR) is 65.3 cm³/mol. The molecule has 4 nitrogen and oxygen atoms in total. The third-order valence-electron chi connectivity index (χ3n) is 1.33. The second-order valence-corrected chi connectivity index (χ2v) is 4.75. The van der Waals surface area contributed by atoms with Crippen LogP contribution in [0.2, 0.25) is 0 Å². The number of carbonyl (C=O) groups is 1. The van der Waals surface area contributed by atoms with Crippen molar-refractivity contribution in [1.82, 2.24) is 4.57 Å². The smallest absolute Gasteiger partial charge is 0.237 e. The SMILES string of the molecule is NC(=O)Cn1cc(I)c(=O)c(I)c1. The predicted octanol–water partition coefficient (Wildman–Crippen LogP) is 0.543. The van der Waals surface area contributed by atoms with Crippen LogP contribution in [-0.2, 0) is 11.3 Å². The number of amides is 1. The van der Waals surface area contributed by atoms with Crippen molar-refractivity contribution in [2.45, 2.75) is 6.54 Å². The number of rotatable bonds is 2. The molecule has 0 saturated heterocycles. The van der Waals surface area contributed by atoms with Gasteiger partial charge in [-0.15, -0.1) is 0 Å². The maximum absolute atomic E-state index is 11.3. The lowest BCUT2D eigenvalue weighted by Gasteiger charge is -2.04. The molecule has 0 aliphatic rings. The van der Waals surface area contributed by atoms with Gasteiger partial charge in [0.1, 0.15) is 6.54 Å². The van der Waals surface area contributed by atoms with Gasteiger partial charge in [0.25, 0.3) is 0 Å². The Morgan fingerprint density at radius 3 is 2.23 bits per heavy atom. The normalized spacial score (nSPS) is 10.0. The number of hydrogen-bond acceptors (Lipinski definition) is 2. The average molecular weight is 404 g/mol. The Kier molecular flexibility index (Phi) is 3.71. The van der Waals surface area contributed by atoms with Crippen molar-refractivity contribution in [3.8, 4) is 0 Å². The molecule has 0 spiro atoms. The van der Waals surface area contributed by atoms with E-state index in [1.807, 2.05) is 45.2 Å². The molecule has 13 heavy (non-hydrogen) atoms. The molecule has 0 fully saturated rings. The summed E-state index contributed by atoms with van der Waals surface area (Å²) in [7, 11) is 0. The first-order valence-electron chi connectivity index (χ1n) is 3.34. The average Bonchev–Trinajstić information content (AvgIpc) is 1.98. The Labute approximate surface area is 102 Å². The molecule has 2 N–H and O–H groups in total. The van der Waals surface area contributed by atoms with Crippen LogP contribution in [-0.4, -0.2) is 10.5 Å². The van der Waals surface area contributed by atoms with Gasteiger partial charge >= 0.3 is 0 Å². The molecule has 0 aromatic carbocycles. The molecular weight excluding hydrogens is 398 g/mol. The van der Waals surface area contributed by atoms with Crippen LogP contribution in [0.3, 0.4) is 0 Å². The standard InChI is InChI=1S/C7H6I2N2O2/c8-4-1-11(3-6(10)12)2-5(9)7(4)13/h1-2H,3H2,(H2,10,12). The first-order valence-corrected chi connectivity index (χ1v) is 5.50. The van der Waals surface area contributed by atoms with Gasteiger partial charge in [-0.3, -0.25) is 9.59 Å². The number of hydrogen-bond donors (Lipinski definition) is 1.